The molecule has 1 amide bonds. The summed E-state index contributed by atoms with van der Waals surface area (Å²) in [7, 11) is 0. The largest absolute Gasteiger partial charge is 0.379 e. The van der Waals surface area contributed by atoms with Crippen LogP contribution < -0.4 is 10.9 Å². The summed E-state index contributed by atoms with van der Waals surface area (Å²) in [6, 6.07) is 8.00. The Kier molecular flexibility index (Phi) is 7.32. The monoisotopic (exact) mass is 494 g/mol. The average molecular weight is 495 g/mol. The van der Waals surface area contributed by atoms with Crippen molar-refractivity contribution in [1.82, 2.24) is 14.5 Å². The second-order valence-electron chi connectivity index (χ2n) is 9.68. The van der Waals surface area contributed by atoms with E-state index in [4.69, 9.17) is 9.72 Å². The van der Waals surface area contributed by atoms with Gasteiger partial charge in [-0.2, -0.15) is 0 Å². The molecule has 3 heterocycles. The zero-order valence-electron chi connectivity index (χ0n) is 20.6. The molecule has 2 aromatic heterocycles. The van der Waals surface area contributed by atoms with E-state index in [9.17, 15) is 9.59 Å². The molecule has 3 aromatic rings. The minimum Gasteiger partial charge on any atom is -0.379 e. The van der Waals surface area contributed by atoms with E-state index in [0.717, 1.165) is 66.7 Å². The first-order valence-corrected chi connectivity index (χ1v) is 13.6. The predicted octanol–water partition coefficient (Wildman–Crippen LogP) is 4.32. The van der Waals surface area contributed by atoms with Gasteiger partial charge >= 0.3 is 0 Å². The lowest BCUT2D eigenvalue weighted by Crippen LogP contribution is -2.39. The molecule has 1 aliphatic heterocycles. The molecule has 1 saturated heterocycles. The van der Waals surface area contributed by atoms with Crippen molar-refractivity contribution in [2.24, 2.45) is 0 Å². The van der Waals surface area contributed by atoms with Crippen LogP contribution in [0.5, 0.6) is 0 Å². The smallest absolute Gasteiger partial charge is 0.263 e. The van der Waals surface area contributed by atoms with Crippen molar-refractivity contribution in [2.45, 2.75) is 65.0 Å². The molecule has 186 valence electrons. The number of rotatable bonds is 7. The maximum atomic E-state index is 13.8. The number of nitrogens with one attached hydrogen (secondary N) is 1. The van der Waals surface area contributed by atoms with Gasteiger partial charge in [0.25, 0.3) is 5.56 Å². The standard InChI is InChI=1S/C27H34N4O3S/c1-3-18(2)19-8-10-20(11-9-19)28-24(32)17-31-23(16-30-12-14-34-15-13-30)29-26-25(27(31)33)21-6-4-5-7-22(21)35-26/h8-11,18H,3-7,12-17H2,1-2H3,(H,28,32)/t18-/m0/s1. The van der Waals surface area contributed by atoms with E-state index < -0.39 is 0 Å². The molecule has 2 aliphatic rings. The molecule has 0 radical (unpaired) electrons. The number of carbonyl (C=O) groups excluding carboxylic acids is 1. The lowest BCUT2D eigenvalue weighted by Gasteiger charge is -2.27. The predicted molar refractivity (Wildman–Crippen MR) is 140 cm³/mol. The van der Waals surface area contributed by atoms with Crippen molar-refractivity contribution < 1.29 is 9.53 Å². The van der Waals surface area contributed by atoms with E-state index in [-0.39, 0.29) is 18.0 Å². The number of ether oxygens (including phenoxy) is 1. The summed E-state index contributed by atoms with van der Waals surface area (Å²) < 4.78 is 7.08. The minimum atomic E-state index is -0.211. The first-order valence-electron chi connectivity index (χ1n) is 12.8. The summed E-state index contributed by atoms with van der Waals surface area (Å²) in [5, 5.41) is 3.70. The first kappa shape index (κ1) is 24.2. The summed E-state index contributed by atoms with van der Waals surface area (Å²) in [5.74, 6) is 0.928. The molecule has 0 spiro atoms. The number of anilines is 1. The maximum absolute atomic E-state index is 13.8. The number of fused-ring (bicyclic) bond motifs is 3. The van der Waals surface area contributed by atoms with Crippen molar-refractivity contribution in [3.63, 3.8) is 0 Å². The Labute approximate surface area is 210 Å². The lowest BCUT2D eigenvalue weighted by molar-refractivity contribution is -0.116. The summed E-state index contributed by atoms with van der Waals surface area (Å²) in [6.45, 7) is 7.80. The van der Waals surface area contributed by atoms with Gasteiger partial charge in [-0.1, -0.05) is 26.0 Å². The molecule has 35 heavy (non-hydrogen) atoms. The summed E-state index contributed by atoms with van der Waals surface area (Å²) in [4.78, 5) is 36.2. The molecular formula is C27H34N4O3S. The number of hydrogen-bond acceptors (Lipinski definition) is 6. The van der Waals surface area contributed by atoms with Gasteiger partial charge in [-0.3, -0.25) is 19.1 Å². The lowest BCUT2D eigenvalue weighted by atomic mass is 9.97. The van der Waals surface area contributed by atoms with Crippen LogP contribution in [0.15, 0.2) is 29.1 Å². The van der Waals surface area contributed by atoms with Gasteiger partial charge in [0, 0.05) is 23.7 Å². The Hall–Kier alpha value is -2.55. The fourth-order valence-electron chi connectivity index (χ4n) is 5.00. The zero-order chi connectivity index (χ0) is 24.4. The number of hydrogen-bond donors (Lipinski definition) is 1. The van der Waals surface area contributed by atoms with Gasteiger partial charge in [-0.05, 0) is 61.3 Å². The molecule has 7 nitrogen and oxygen atoms in total. The van der Waals surface area contributed by atoms with E-state index in [1.807, 2.05) is 12.1 Å². The Morgan fingerprint density at radius 3 is 2.66 bits per heavy atom. The average Bonchev–Trinajstić information content (AvgIpc) is 3.25. The van der Waals surface area contributed by atoms with Crippen LogP contribution in [0.3, 0.4) is 0 Å². The van der Waals surface area contributed by atoms with Gasteiger partial charge in [0.1, 0.15) is 17.2 Å². The Bertz CT molecular complexity index is 1260. The van der Waals surface area contributed by atoms with Crippen LogP contribution >= 0.6 is 11.3 Å². The third-order valence-electron chi connectivity index (χ3n) is 7.30. The van der Waals surface area contributed by atoms with Crippen molar-refractivity contribution in [2.75, 3.05) is 31.6 Å². The SMILES string of the molecule is CC[C@H](C)c1ccc(NC(=O)Cn2c(CN3CCOCC3)nc3sc4c(c3c2=O)CCCC4)cc1. The topological polar surface area (TPSA) is 76.5 Å². The molecule has 1 N–H and O–H groups in total. The van der Waals surface area contributed by atoms with E-state index in [0.29, 0.717) is 31.5 Å². The van der Waals surface area contributed by atoms with E-state index in [1.165, 1.54) is 10.4 Å². The summed E-state index contributed by atoms with van der Waals surface area (Å²) in [6.07, 6.45) is 5.27. The highest BCUT2D eigenvalue weighted by Gasteiger charge is 2.24. The van der Waals surface area contributed by atoms with Crippen LogP contribution in [-0.4, -0.2) is 46.7 Å². The molecule has 0 unspecified atom stereocenters. The molecule has 8 heteroatoms. The number of morpholine rings is 1. The summed E-state index contributed by atoms with van der Waals surface area (Å²) in [5.41, 5.74) is 3.07. The van der Waals surface area contributed by atoms with Crippen LogP contribution in [0.4, 0.5) is 5.69 Å². The normalized spacial score (nSPS) is 17.3. The number of nitrogens with zero attached hydrogens (tertiary/aromatic N) is 3. The van der Waals surface area contributed by atoms with Gasteiger partial charge in [0.05, 0.1) is 25.1 Å². The second kappa shape index (κ2) is 10.6. The highest BCUT2D eigenvalue weighted by atomic mass is 32.1. The van der Waals surface area contributed by atoms with Crippen LogP contribution in [0.1, 0.15) is 60.9 Å². The zero-order valence-corrected chi connectivity index (χ0v) is 21.5. The number of amides is 1. The number of aryl methyl sites for hydroxylation is 2. The number of carbonyl (C=O) groups is 1. The second-order valence-corrected chi connectivity index (χ2v) is 10.8. The van der Waals surface area contributed by atoms with Crippen molar-refractivity contribution >= 4 is 33.1 Å². The fourth-order valence-corrected chi connectivity index (χ4v) is 6.27. The van der Waals surface area contributed by atoms with E-state index in [2.05, 4.69) is 36.2 Å². The molecule has 1 atom stereocenters. The van der Waals surface area contributed by atoms with Crippen LogP contribution in [0, 0.1) is 0 Å². The maximum Gasteiger partial charge on any atom is 0.263 e. The van der Waals surface area contributed by atoms with Gasteiger partial charge in [0.15, 0.2) is 0 Å². The molecule has 1 aromatic carbocycles. The van der Waals surface area contributed by atoms with Crippen LogP contribution in [0.25, 0.3) is 10.2 Å². The van der Waals surface area contributed by atoms with Gasteiger partial charge in [-0.25, -0.2) is 4.98 Å². The quantitative estimate of drug-likeness (QED) is 0.529. The fraction of sp³-hybridized carbons (Fsp3) is 0.519. The van der Waals surface area contributed by atoms with E-state index >= 15 is 0 Å². The molecule has 0 saturated carbocycles. The Morgan fingerprint density at radius 2 is 1.91 bits per heavy atom. The number of benzene rings is 1. The molecular weight excluding hydrogens is 460 g/mol. The van der Waals surface area contributed by atoms with Gasteiger partial charge < -0.3 is 10.1 Å². The molecule has 1 aliphatic carbocycles. The molecule has 1 fully saturated rings. The summed E-state index contributed by atoms with van der Waals surface area (Å²) >= 11 is 1.66. The molecule has 0 bridgehead atoms. The minimum absolute atomic E-state index is 0.0425. The third kappa shape index (κ3) is 5.20. The van der Waals surface area contributed by atoms with Crippen molar-refractivity contribution in [1.29, 1.82) is 0 Å². The highest BCUT2D eigenvalue weighted by Crippen LogP contribution is 2.34. The third-order valence-corrected chi connectivity index (χ3v) is 8.49. The number of thiophene rings is 1. The van der Waals surface area contributed by atoms with Crippen molar-refractivity contribution in [3.8, 4) is 0 Å². The first-order chi connectivity index (χ1) is 17.0. The van der Waals surface area contributed by atoms with E-state index in [1.54, 1.807) is 15.9 Å². The molecule has 5 rings (SSSR count). The van der Waals surface area contributed by atoms with Crippen molar-refractivity contribution in [3.05, 3.63) is 56.4 Å². The van der Waals surface area contributed by atoms with Gasteiger partial charge in [0.2, 0.25) is 5.91 Å². The van der Waals surface area contributed by atoms with Crippen LogP contribution in [0.2, 0.25) is 0 Å². The number of aromatic nitrogens is 2. The van der Waals surface area contributed by atoms with Gasteiger partial charge in [-0.15, -0.1) is 11.3 Å². The van der Waals surface area contributed by atoms with Crippen LogP contribution in [-0.2, 0) is 35.5 Å². The Balaban J connectivity index is 1.44. The highest BCUT2D eigenvalue weighted by molar-refractivity contribution is 7.18. The Morgan fingerprint density at radius 1 is 1.17 bits per heavy atom.